The van der Waals surface area contributed by atoms with E-state index in [9.17, 15) is 14.4 Å². The maximum absolute atomic E-state index is 12.9. The Labute approximate surface area is 475 Å². The minimum absolute atomic E-state index is 0.0642. The van der Waals surface area contributed by atoms with Crippen molar-refractivity contribution in [3.05, 3.63) is 12.2 Å². The van der Waals surface area contributed by atoms with E-state index in [0.29, 0.717) is 19.3 Å². The van der Waals surface area contributed by atoms with Crippen LogP contribution in [0.25, 0.3) is 0 Å². The van der Waals surface area contributed by atoms with Gasteiger partial charge in [0.25, 0.3) is 0 Å². The van der Waals surface area contributed by atoms with Gasteiger partial charge in [-0.3, -0.25) is 14.4 Å². The van der Waals surface area contributed by atoms with Crippen LogP contribution in [0.15, 0.2) is 12.2 Å². The second kappa shape index (κ2) is 65.7. The second-order valence-corrected chi connectivity index (χ2v) is 23.8. The molecule has 0 saturated carbocycles. The highest BCUT2D eigenvalue weighted by Gasteiger charge is 2.19. The summed E-state index contributed by atoms with van der Waals surface area (Å²) >= 11 is 0. The fourth-order valence-corrected chi connectivity index (χ4v) is 10.8. The lowest BCUT2D eigenvalue weighted by Crippen LogP contribution is -2.30. The molecule has 0 aromatic rings. The van der Waals surface area contributed by atoms with Crippen molar-refractivity contribution in [3.63, 3.8) is 0 Å². The van der Waals surface area contributed by atoms with Crippen LogP contribution in [0.2, 0.25) is 0 Å². The zero-order valence-corrected chi connectivity index (χ0v) is 51.8. The van der Waals surface area contributed by atoms with Gasteiger partial charge in [0, 0.05) is 19.3 Å². The first-order valence-corrected chi connectivity index (χ1v) is 34.7. The average Bonchev–Trinajstić information content (AvgIpc) is 3.42. The summed E-state index contributed by atoms with van der Waals surface area (Å²) in [6.45, 7) is 6.68. The third kappa shape index (κ3) is 63.0. The smallest absolute Gasteiger partial charge is 0.306 e. The molecule has 76 heavy (non-hydrogen) atoms. The Hall–Kier alpha value is -1.85. The van der Waals surface area contributed by atoms with Gasteiger partial charge in [-0.1, -0.05) is 348 Å². The fraction of sp³-hybridized carbons (Fsp3) is 0.929. The Morgan fingerprint density at radius 1 is 0.250 bits per heavy atom. The summed E-state index contributed by atoms with van der Waals surface area (Å²) in [4.78, 5) is 38.1. The number of hydrogen-bond acceptors (Lipinski definition) is 6. The number of rotatable bonds is 65. The van der Waals surface area contributed by atoms with Crippen LogP contribution in [0.5, 0.6) is 0 Å². The predicted molar refractivity (Wildman–Crippen MR) is 330 cm³/mol. The number of ether oxygens (including phenoxy) is 3. The molecule has 0 aliphatic heterocycles. The van der Waals surface area contributed by atoms with Crippen molar-refractivity contribution in [1.82, 2.24) is 0 Å². The summed E-state index contributed by atoms with van der Waals surface area (Å²) in [6, 6.07) is 0. The van der Waals surface area contributed by atoms with Gasteiger partial charge in [0.05, 0.1) is 0 Å². The molecule has 0 aliphatic rings. The van der Waals surface area contributed by atoms with Crippen LogP contribution >= 0.6 is 0 Å². The van der Waals surface area contributed by atoms with E-state index in [0.717, 1.165) is 57.8 Å². The third-order valence-electron chi connectivity index (χ3n) is 16.0. The Kier molecular flexibility index (Phi) is 64.1. The molecule has 450 valence electrons. The molecule has 0 aliphatic carbocycles. The van der Waals surface area contributed by atoms with E-state index in [2.05, 4.69) is 32.9 Å². The molecule has 6 nitrogen and oxygen atoms in total. The first-order valence-electron chi connectivity index (χ1n) is 34.7. The quantitative estimate of drug-likeness (QED) is 0.0261. The van der Waals surface area contributed by atoms with E-state index < -0.39 is 6.10 Å². The zero-order chi connectivity index (χ0) is 55.0. The molecule has 0 rings (SSSR count). The van der Waals surface area contributed by atoms with Crippen LogP contribution < -0.4 is 0 Å². The average molecular weight is 1070 g/mol. The topological polar surface area (TPSA) is 78.9 Å². The van der Waals surface area contributed by atoms with Gasteiger partial charge in [-0.2, -0.15) is 0 Å². The number of allylic oxidation sites excluding steroid dienone is 2. The second-order valence-electron chi connectivity index (χ2n) is 23.8. The van der Waals surface area contributed by atoms with E-state index >= 15 is 0 Å². The molecular formula is C70H134O6. The van der Waals surface area contributed by atoms with Gasteiger partial charge in [-0.05, 0) is 44.9 Å². The monoisotopic (exact) mass is 1070 g/mol. The number of carbonyl (C=O) groups excluding carboxylic acids is 3. The lowest BCUT2D eigenvalue weighted by atomic mass is 10.0. The van der Waals surface area contributed by atoms with Gasteiger partial charge in [0.1, 0.15) is 13.2 Å². The summed E-state index contributed by atoms with van der Waals surface area (Å²) < 4.78 is 16.9. The number of carbonyl (C=O) groups is 3. The first kappa shape index (κ1) is 74.2. The first-order chi connectivity index (χ1) is 37.5. The molecular weight excluding hydrogens is 937 g/mol. The molecule has 0 saturated heterocycles. The Balaban J connectivity index is 4.01. The Morgan fingerprint density at radius 3 is 0.658 bits per heavy atom. The molecule has 0 N–H and O–H groups in total. The van der Waals surface area contributed by atoms with Gasteiger partial charge in [-0.15, -0.1) is 0 Å². The lowest BCUT2D eigenvalue weighted by molar-refractivity contribution is -0.167. The zero-order valence-electron chi connectivity index (χ0n) is 51.8. The van der Waals surface area contributed by atoms with Crippen LogP contribution in [-0.4, -0.2) is 37.2 Å². The molecule has 0 fully saturated rings. The fourth-order valence-electron chi connectivity index (χ4n) is 10.8. The van der Waals surface area contributed by atoms with E-state index in [1.807, 2.05) is 0 Å². The summed E-state index contributed by atoms with van der Waals surface area (Å²) in [5, 5.41) is 0. The summed E-state index contributed by atoms with van der Waals surface area (Å²) in [6.07, 6.45) is 78.5. The molecule has 0 radical (unpaired) electrons. The van der Waals surface area contributed by atoms with Crippen LogP contribution in [0.4, 0.5) is 0 Å². The van der Waals surface area contributed by atoms with Crippen LogP contribution in [0, 0.1) is 0 Å². The van der Waals surface area contributed by atoms with E-state index in [1.54, 1.807) is 0 Å². The Morgan fingerprint density at radius 2 is 0.434 bits per heavy atom. The molecule has 1 unspecified atom stereocenters. The standard InChI is InChI=1S/C70H134O6/c1-4-7-10-13-16-18-20-22-24-26-28-30-32-33-34-35-36-38-39-41-43-45-47-49-51-54-57-60-63-69(72)75-66-67(65-74-68(71)62-59-56-53-15-12-9-6-3)76-70(73)64-61-58-55-52-50-48-46-44-42-40-37-31-29-27-25-23-21-19-17-14-11-8-5-2/h27,29,67H,4-26,28,30-66H2,1-3H3/b29-27-. The van der Waals surface area contributed by atoms with Crippen LogP contribution in [0.1, 0.15) is 400 Å². The van der Waals surface area contributed by atoms with Crippen molar-refractivity contribution in [2.75, 3.05) is 13.2 Å². The van der Waals surface area contributed by atoms with Gasteiger partial charge in [0.15, 0.2) is 6.10 Å². The normalized spacial score (nSPS) is 12.0. The number of esters is 3. The van der Waals surface area contributed by atoms with Crippen molar-refractivity contribution in [1.29, 1.82) is 0 Å². The predicted octanol–water partition coefficient (Wildman–Crippen LogP) is 23.6. The van der Waals surface area contributed by atoms with Gasteiger partial charge >= 0.3 is 17.9 Å². The lowest BCUT2D eigenvalue weighted by Gasteiger charge is -2.18. The van der Waals surface area contributed by atoms with Crippen LogP contribution in [0.3, 0.4) is 0 Å². The molecule has 0 amide bonds. The minimum atomic E-state index is -0.765. The van der Waals surface area contributed by atoms with Crippen molar-refractivity contribution in [2.45, 2.75) is 406 Å². The maximum Gasteiger partial charge on any atom is 0.306 e. The third-order valence-corrected chi connectivity index (χ3v) is 16.0. The molecule has 0 aromatic carbocycles. The number of hydrogen-bond donors (Lipinski definition) is 0. The molecule has 1 atom stereocenters. The highest BCUT2D eigenvalue weighted by Crippen LogP contribution is 2.19. The van der Waals surface area contributed by atoms with Crippen molar-refractivity contribution >= 4 is 17.9 Å². The van der Waals surface area contributed by atoms with Gasteiger partial charge in [0.2, 0.25) is 0 Å². The van der Waals surface area contributed by atoms with Crippen molar-refractivity contribution < 1.29 is 28.6 Å². The summed E-state index contributed by atoms with van der Waals surface area (Å²) in [5.41, 5.74) is 0. The minimum Gasteiger partial charge on any atom is -0.462 e. The molecule has 0 heterocycles. The maximum atomic E-state index is 12.9. The largest absolute Gasteiger partial charge is 0.462 e. The molecule has 0 aromatic heterocycles. The van der Waals surface area contributed by atoms with Crippen molar-refractivity contribution in [3.8, 4) is 0 Å². The van der Waals surface area contributed by atoms with E-state index in [4.69, 9.17) is 14.2 Å². The SMILES string of the molecule is CCCCCCCCCC/C=C\CCCCCCCCCCCCCC(=O)OC(COC(=O)CCCCCCCCC)COC(=O)CCCCCCCCCCCCCCCCCCCCCCCCCCCCCC. The number of unbranched alkanes of at least 4 members (excludes halogenated alkanes) is 52. The molecule has 0 bridgehead atoms. The summed E-state index contributed by atoms with van der Waals surface area (Å²) in [5.74, 6) is -0.842. The summed E-state index contributed by atoms with van der Waals surface area (Å²) in [7, 11) is 0. The highest BCUT2D eigenvalue weighted by atomic mass is 16.6. The Bertz CT molecular complexity index is 1180. The highest BCUT2D eigenvalue weighted by molar-refractivity contribution is 5.71. The molecule has 6 heteroatoms. The van der Waals surface area contributed by atoms with Gasteiger partial charge in [-0.25, -0.2) is 0 Å². The van der Waals surface area contributed by atoms with Crippen LogP contribution in [-0.2, 0) is 28.6 Å². The van der Waals surface area contributed by atoms with E-state index in [1.165, 1.54) is 302 Å². The van der Waals surface area contributed by atoms with E-state index in [-0.39, 0.29) is 31.1 Å². The van der Waals surface area contributed by atoms with Crippen molar-refractivity contribution in [2.24, 2.45) is 0 Å². The van der Waals surface area contributed by atoms with Gasteiger partial charge < -0.3 is 14.2 Å². The molecule has 0 spiro atoms.